The first-order valence-electron chi connectivity index (χ1n) is 8.66. The average molecular weight is 557 g/mol. The molecule has 0 saturated heterocycles. The molecule has 0 aliphatic rings. The standard InChI is InChI=1S/C20H16N4O6S.Sn/c25-18-11-10-14(31(28,29)30)12-17(18)22-24-19(13-6-2-1-3-7-13)23-21-16-9-5-4-8-15(16)20(26)27;/h1-12,21,25H,(H,26,27)(H,28,29,30);/q;+2/p-2. The Morgan fingerprint density at radius 3 is 2.28 bits per heavy atom. The Labute approximate surface area is 200 Å². The number of para-hydroxylation sites is 1. The normalized spacial score (nSPS) is 11.7. The van der Waals surface area contributed by atoms with Gasteiger partial charge in [-0.2, -0.15) is 5.10 Å². The second kappa shape index (κ2) is 10.8. The fourth-order valence-corrected chi connectivity index (χ4v) is 2.93. The minimum Gasteiger partial charge on any atom is -0.744 e. The molecule has 0 heterocycles. The Morgan fingerprint density at radius 1 is 0.969 bits per heavy atom. The van der Waals surface area contributed by atoms with Crippen LogP contribution in [0.5, 0.6) is 5.75 Å². The molecule has 32 heavy (non-hydrogen) atoms. The molecule has 0 saturated carbocycles. The largest absolute Gasteiger partial charge is 2.00 e. The average Bonchev–Trinajstić information content (AvgIpc) is 2.75. The smallest absolute Gasteiger partial charge is 0.744 e. The van der Waals surface area contributed by atoms with Crippen molar-refractivity contribution in [3.63, 3.8) is 0 Å². The van der Waals surface area contributed by atoms with Crippen LogP contribution in [0.2, 0.25) is 0 Å². The fourth-order valence-electron chi connectivity index (χ4n) is 2.44. The van der Waals surface area contributed by atoms with Crippen molar-refractivity contribution < 1.29 is 28.0 Å². The van der Waals surface area contributed by atoms with Gasteiger partial charge in [-0.3, -0.25) is 5.43 Å². The van der Waals surface area contributed by atoms with Gasteiger partial charge in [0.1, 0.15) is 21.6 Å². The van der Waals surface area contributed by atoms with E-state index >= 15 is 0 Å². The van der Waals surface area contributed by atoms with Crippen molar-refractivity contribution in [1.29, 1.82) is 0 Å². The summed E-state index contributed by atoms with van der Waals surface area (Å²) in [5, 5.41) is 33.0. The molecule has 12 heteroatoms. The third-order valence-electron chi connectivity index (χ3n) is 3.95. The molecular weight excluding hydrogens is 543 g/mol. The van der Waals surface area contributed by atoms with Gasteiger partial charge in [0.25, 0.3) is 0 Å². The predicted molar refractivity (Wildman–Crippen MR) is 114 cm³/mol. The monoisotopic (exact) mass is 558 g/mol. The van der Waals surface area contributed by atoms with Gasteiger partial charge >= 0.3 is 23.9 Å². The summed E-state index contributed by atoms with van der Waals surface area (Å²) in [5.41, 5.74) is 2.82. The molecule has 0 bridgehead atoms. The van der Waals surface area contributed by atoms with Crippen molar-refractivity contribution in [3.8, 4) is 5.75 Å². The Balaban J connectivity index is 0.00000363. The summed E-state index contributed by atoms with van der Waals surface area (Å²) in [6.07, 6.45) is 0. The van der Waals surface area contributed by atoms with Crippen LogP contribution in [-0.4, -0.2) is 53.8 Å². The van der Waals surface area contributed by atoms with Crippen molar-refractivity contribution in [2.75, 3.05) is 5.43 Å². The van der Waals surface area contributed by atoms with Gasteiger partial charge in [-0.25, -0.2) is 8.42 Å². The molecule has 10 nitrogen and oxygen atoms in total. The summed E-state index contributed by atoms with van der Waals surface area (Å²) in [7, 11) is -4.76. The number of carbonyl (C=O) groups is 1. The van der Waals surface area contributed by atoms with E-state index in [4.69, 9.17) is 0 Å². The summed E-state index contributed by atoms with van der Waals surface area (Å²) >= 11 is 0. The number of carbonyl (C=O) groups excluding carboxylic acids is 1. The Bertz CT molecular complexity index is 1280. The first-order valence-corrected chi connectivity index (χ1v) is 10.1. The van der Waals surface area contributed by atoms with Crippen LogP contribution in [0.15, 0.2) is 93.0 Å². The first kappa shape index (κ1) is 25.0. The zero-order valence-corrected chi connectivity index (χ0v) is 19.8. The van der Waals surface area contributed by atoms with Gasteiger partial charge in [0, 0.05) is 11.1 Å². The van der Waals surface area contributed by atoms with Crippen molar-refractivity contribution in [3.05, 3.63) is 83.9 Å². The van der Waals surface area contributed by atoms with E-state index in [0.717, 1.165) is 18.2 Å². The molecule has 2 radical (unpaired) electrons. The molecular formula is C20H14N4O6SSn. The second-order valence-corrected chi connectivity index (χ2v) is 7.43. The fraction of sp³-hybridized carbons (Fsp3) is 0. The topological polar surface area (TPSA) is 167 Å². The van der Waals surface area contributed by atoms with Gasteiger partial charge < -0.3 is 19.6 Å². The van der Waals surface area contributed by atoms with Crippen molar-refractivity contribution in [2.45, 2.75) is 4.90 Å². The number of rotatable bonds is 6. The van der Waals surface area contributed by atoms with Gasteiger partial charge in [-0.05, 0) is 24.3 Å². The van der Waals surface area contributed by atoms with Gasteiger partial charge in [-0.1, -0.05) is 48.5 Å². The number of hydrogen-bond acceptors (Lipinski definition) is 9. The molecule has 0 aliphatic heterocycles. The number of carboxylic acid groups (broad SMARTS) is 1. The number of hydrogen-bond donors (Lipinski definition) is 2. The third kappa shape index (κ3) is 6.35. The van der Waals surface area contributed by atoms with Gasteiger partial charge in [0.15, 0.2) is 0 Å². The first-order chi connectivity index (χ1) is 14.8. The van der Waals surface area contributed by atoms with E-state index in [1.807, 2.05) is 0 Å². The maximum atomic E-state index is 11.3. The summed E-state index contributed by atoms with van der Waals surface area (Å²) in [4.78, 5) is 10.7. The summed E-state index contributed by atoms with van der Waals surface area (Å²) in [6, 6.07) is 17.2. The Hall–Kier alpha value is -3.29. The van der Waals surface area contributed by atoms with Crippen LogP contribution < -0.4 is 10.5 Å². The molecule has 0 fully saturated rings. The number of hydrazone groups is 1. The zero-order valence-electron chi connectivity index (χ0n) is 16.2. The molecule has 0 unspecified atom stereocenters. The molecule has 2 N–H and O–H groups in total. The minimum atomic E-state index is -4.76. The van der Waals surface area contributed by atoms with E-state index in [-0.39, 0.29) is 46.7 Å². The van der Waals surface area contributed by atoms with Gasteiger partial charge in [0.05, 0.1) is 16.6 Å². The zero-order chi connectivity index (χ0) is 22.4. The summed E-state index contributed by atoms with van der Waals surface area (Å²) in [5.74, 6) is -1.82. The van der Waals surface area contributed by atoms with Gasteiger partial charge in [0.2, 0.25) is 5.84 Å². The van der Waals surface area contributed by atoms with Crippen LogP contribution in [0.4, 0.5) is 11.4 Å². The van der Waals surface area contributed by atoms with E-state index in [2.05, 4.69) is 20.8 Å². The number of aromatic carboxylic acids is 1. The molecule has 3 aromatic carbocycles. The van der Waals surface area contributed by atoms with Crippen LogP contribution in [0.1, 0.15) is 15.9 Å². The van der Waals surface area contributed by atoms with E-state index < -0.39 is 26.7 Å². The quantitative estimate of drug-likeness (QED) is 0.117. The number of phenolic OH excluding ortho intramolecular Hbond substituents is 1. The van der Waals surface area contributed by atoms with Crippen molar-refractivity contribution in [1.82, 2.24) is 0 Å². The second-order valence-electron chi connectivity index (χ2n) is 6.05. The maximum Gasteiger partial charge on any atom is 2.00 e. The number of benzene rings is 3. The number of carboxylic acids is 1. The van der Waals surface area contributed by atoms with E-state index in [9.17, 15) is 28.0 Å². The number of nitrogens with zero attached hydrogens (tertiary/aromatic N) is 3. The minimum absolute atomic E-state index is 0. The molecule has 0 aliphatic carbocycles. The molecule has 0 amide bonds. The summed E-state index contributed by atoms with van der Waals surface area (Å²) < 4.78 is 33.6. The van der Waals surface area contributed by atoms with E-state index in [1.54, 1.807) is 36.4 Å². The van der Waals surface area contributed by atoms with Crippen molar-refractivity contribution in [2.24, 2.45) is 15.3 Å². The molecule has 0 atom stereocenters. The molecule has 160 valence electrons. The van der Waals surface area contributed by atoms with Crippen LogP contribution in [0.25, 0.3) is 0 Å². The van der Waals surface area contributed by atoms with Crippen LogP contribution in [0.3, 0.4) is 0 Å². The number of nitrogens with one attached hydrogen (secondary N) is 1. The predicted octanol–water partition coefficient (Wildman–Crippen LogP) is 1.84. The number of aromatic hydroxyl groups is 1. The SMILES string of the molecule is O=C([O-])c1ccccc1NN=C(N=Nc1cc(S(=O)(=O)[O-])ccc1O)c1ccccc1.[Sn+2]. The third-order valence-corrected chi connectivity index (χ3v) is 4.78. The Morgan fingerprint density at radius 2 is 1.62 bits per heavy atom. The number of phenols is 1. The Kier molecular flexibility index (Phi) is 8.46. The van der Waals surface area contributed by atoms with E-state index in [1.165, 1.54) is 18.2 Å². The van der Waals surface area contributed by atoms with Crippen molar-refractivity contribution >= 4 is 57.2 Å². The summed E-state index contributed by atoms with van der Waals surface area (Å²) in [6.45, 7) is 0. The van der Waals surface area contributed by atoms with Crippen LogP contribution in [-0.2, 0) is 10.1 Å². The molecule has 0 spiro atoms. The van der Waals surface area contributed by atoms with Gasteiger partial charge in [-0.15, -0.1) is 10.2 Å². The number of anilines is 1. The molecule has 3 aromatic rings. The number of azo groups is 1. The molecule has 0 aromatic heterocycles. The van der Waals surface area contributed by atoms with E-state index in [0.29, 0.717) is 5.56 Å². The van der Waals surface area contributed by atoms with Crippen LogP contribution >= 0.6 is 0 Å². The molecule has 3 rings (SSSR count). The van der Waals surface area contributed by atoms with Crippen LogP contribution in [0, 0.1) is 0 Å². The maximum absolute atomic E-state index is 11.3. The number of amidine groups is 1.